The molecule has 0 radical (unpaired) electrons. The SMILES string of the molecule is C/C=C/CC(=O)NC1CN(C)S(=O)(=O)c2ccsc21. The van der Waals surface area contributed by atoms with Gasteiger partial charge >= 0.3 is 0 Å². The van der Waals surface area contributed by atoms with E-state index in [-0.39, 0.29) is 18.5 Å². The normalized spacial score (nSPS) is 22.3. The molecule has 0 aromatic carbocycles. The van der Waals surface area contributed by atoms with Gasteiger partial charge in [0.05, 0.1) is 10.9 Å². The predicted octanol–water partition coefficient (Wildman–Crippen LogP) is 1.51. The number of hydrogen-bond acceptors (Lipinski definition) is 4. The number of fused-ring (bicyclic) bond motifs is 1. The van der Waals surface area contributed by atoms with Gasteiger partial charge in [0, 0.05) is 24.9 Å². The largest absolute Gasteiger partial charge is 0.347 e. The van der Waals surface area contributed by atoms with Gasteiger partial charge in [-0.1, -0.05) is 12.2 Å². The molecular weight excluding hydrogens is 284 g/mol. The molecule has 19 heavy (non-hydrogen) atoms. The lowest BCUT2D eigenvalue weighted by Crippen LogP contribution is -2.42. The highest BCUT2D eigenvalue weighted by atomic mass is 32.2. The van der Waals surface area contributed by atoms with E-state index < -0.39 is 10.0 Å². The van der Waals surface area contributed by atoms with Gasteiger partial charge in [0.1, 0.15) is 0 Å². The van der Waals surface area contributed by atoms with Crippen molar-refractivity contribution in [3.05, 3.63) is 28.5 Å². The zero-order valence-electron chi connectivity index (χ0n) is 10.8. The Kier molecular flexibility index (Phi) is 4.07. The molecule has 1 unspecified atom stereocenters. The van der Waals surface area contributed by atoms with Crippen LogP contribution in [0.2, 0.25) is 0 Å². The van der Waals surface area contributed by atoms with Crippen molar-refractivity contribution in [2.75, 3.05) is 13.6 Å². The fourth-order valence-corrected chi connectivity index (χ4v) is 4.67. The molecule has 5 nitrogen and oxygen atoms in total. The Morgan fingerprint density at radius 1 is 1.63 bits per heavy atom. The van der Waals surface area contributed by atoms with Crippen LogP contribution in [-0.2, 0) is 14.8 Å². The van der Waals surface area contributed by atoms with E-state index in [2.05, 4.69) is 5.32 Å². The first-order valence-electron chi connectivity index (χ1n) is 5.91. The molecule has 104 valence electrons. The minimum atomic E-state index is -3.38. The van der Waals surface area contributed by atoms with Gasteiger partial charge in [-0.25, -0.2) is 8.42 Å². The monoisotopic (exact) mass is 300 g/mol. The van der Waals surface area contributed by atoms with Crippen molar-refractivity contribution in [2.24, 2.45) is 0 Å². The second kappa shape index (κ2) is 5.44. The smallest absolute Gasteiger partial charge is 0.244 e. The van der Waals surface area contributed by atoms with Gasteiger partial charge in [-0.3, -0.25) is 4.79 Å². The molecule has 0 spiro atoms. The summed E-state index contributed by atoms with van der Waals surface area (Å²) in [4.78, 5) is 12.8. The molecule has 0 saturated heterocycles. The van der Waals surface area contributed by atoms with Crippen molar-refractivity contribution >= 4 is 27.3 Å². The molecule has 0 saturated carbocycles. The van der Waals surface area contributed by atoms with Crippen LogP contribution in [0.4, 0.5) is 0 Å². The second-order valence-electron chi connectivity index (χ2n) is 4.33. The van der Waals surface area contributed by atoms with Gasteiger partial charge in [-0.15, -0.1) is 11.3 Å². The molecule has 7 heteroatoms. The number of likely N-dealkylation sites (N-methyl/N-ethyl adjacent to an activating group) is 1. The van der Waals surface area contributed by atoms with Crippen molar-refractivity contribution in [3.63, 3.8) is 0 Å². The van der Waals surface area contributed by atoms with Crippen LogP contribution in [0, 0.1) is 0 Å². The first-order valence-corrected chi connectivity index (χ1v) is 8.23. The third-order valence-corrected chi connectivity index (χ3v) is 6.02. The van der Waals surface area contributed by atoms with E-state index in [1.807, 2.05) is 13.0 Å². The molecule has 0 fully saturated rings. The van der Waals surface area contributed by atoms with E-state index in [0.717, 1.165) is 0 Å². The Hall–Kier alpha value is -1.18. The molecule has 0 bridgehead atoms. The lowest BCUT2D eigenvalue weighted by Gasteiger charge is -2.29. The van der Waals surface area contributed by atoms with Gasteiger partial charge in [-0.2, -0.15) is 4.31 Å². The van der Waals surface area contributed by atoms with Crippen LogP contribution in [0.3, 0.4) is 0 Å². The summed E-state index contributed by atoms with van der Waals surface area (Å²) in [5, 5.41) is 4.62. The number of carbonyl (C=O) groups excluding carboxylic acids is 1. The van der Waals surface area contributed by atoms with E-state index in [1.54, 1.807) is 17.5 Å². The molecule has 1 amide bonds. The number of thiophene rings is 1. The number of nitrogens with one attached hydrogen (secondary N) is 1. The highest BCUT2D eigenvalue weighted by Gasteiger charge is 2.36. The summed E-state index contributed by atoms with van der Waals surface area (Å²) < 4.78 is 25.4. The van der Waals surface area contributed by atoms with Gasteiger partial charge in [0.25, 0.3) is 0 Å². The quantitative estimate of drug-likeness (QED) is 0.860. The second-order valence-corrected chi connectivity index (χ2v) is 7.29. The van der Waals surface area contributed by atoms with Crippen LogP contribution in [0.25, 0.3) is 0 Å². The minimum absolute atomic E-state index is 0.102. The average Bonchev–Trinajstić information content (AvgIpc) is 2.84. The van der Waals surface area contributed by atoms with E-state index in [1.165, 1.54) is 22.7 Å². The summed E-state index contributed by atoms with van der Waals surface area (Å²) in [6.45, 7) is 2.13. The van der Waals surface area contributed by atoms with Crippen molar-refractivity contribution < 1.29 is 13.2 Å². The Labute approximate surface area is 117 Å². The van der Waals surface area contributed by atoms with Crippen molar-refractivity contribution in [2.45, 2.75) is 24.3 Å². The predicted molar refractivity (Wildman–Crippen MR) is 74.4 cm³/mol. The maximum absolute atomic E-state index is 12.1. The third-order valence-electron chi connectivity index (χ3n) is 2.98. The van der Waals surface area contributed by atoms with Crippen molar-refractivity contribution in [1.29, 1.82) is 0 Å². The summed E-state index contributed by atoms with van der Waals surface area (Å²) in [7, 11) is -1.86. The maximum Gasteiger partial charge on any atom is 0.244 e. The number of allylic oxidation sites excluding steroid dienone is 1. The van der Waals surface area contributed by atoms with Crippen molar-refractivity contribution in [3.8, 4) is 0 Å². The zero-order valence-corrected chi connectivity index (χ0v) is 12.4. The molecule has 1 aromatic rings. The number of sulfonamides is 1. The first-order chi connectivity index (χ1) is 8.96. The molecule has 0 aliphatic carbocycles. The van der Waals surface area contributed by atoms with Crippen molar-refractivity contribution in [1.82, 2.24) is 9.62 Å². The van der Waals surface area contributed by atoms with E-state index in [9.17, 15) is 13.2 Å². The number of carbonyl (C=O) groups is 1. The molecule has 2 rings (SSSR count). The standard InChI is InChI=1S/C12H16N2O3S2/c1-3-4-5-11(15)13-9-8-14(2)19(16,17)10-6-7-18-12(9)10/h3-4,6-7,9H,5,8H2,1-2H3,(H,13,15)/b4-3+. The summed E-state index contributed by atoms with van der Waals surface area (Å²) >= 11 is 1.37. The molecule has 1 atom stereocenters. The molecular formula is C12H16N2O3S2. The minimum Gasteiger partial charge on any atom is -0.347 e. The van der Waals surface area contributed by atoms with Gasteiger partial charge < -0.3 is 5.32 Å². The summed E-state index contributed by atoms with van der Waals surface area (Å²) in [5.41, 5.74) is 0. The van der Waals surface area contributed by atoms with E-state index in [0.29, 0.717) is 16.2 Å². The van der Waals surface area contributed by atoms with E-state index in [4.69, 9.17) is 0 Å². The molecule has 1 aliphatic rings. The Morgan fingerprint density at radius 2 is 2.37 bits per heavy atom. The average molecular weight is 300 g/mol. The summed E-state index contributed by atoms with van der Waals surface area (Å²) in [6.07, 6.45) is 3.89. The highest BCUT2D eigenvalue weighted by Crippen LogP contribution is 2.35. The number of hydrogen-bond donors (Lipinski definition) is 1. The number of rotatable bonds is 3. The third kappa shape index (κ3) is 2.72. The molecule has 1 aromatic heterocycles. The number of amides is 1. The number of nitrogens with zero attached hydrogens (tertiary/aromatic N) is 1. The molecule has 1 aliphatic heterocycles. The zero-order chi connectivity index (χ0) is 14.0. The summed E-state index contributed by atoms with van der Waals surface area (Å²) in [5.74, 6) is -0.102. The van der Waals surface area contributed by atoms with Crippen LogP contribution < -0.4 is 5.32 Å². The van der Waals surface area contributed by atoms with Crippen LogP contribution in [0.5, 0.6) is 0 Å². The Bertz CT molecular complexity index is 604. The first kappa shape index (κ1) is 14.2. The molecule has 1 N–H and O–H groups in total. The topological polar surface area (TPSA) is 66.5 Å². The van der Waals surface area contributed by atoms with Crippen LogP contribution in [-0.4, -0.2) is 32.2 Å². The summed E-state index contributed by atoms with van der Waals surface area (Å²) in [6, 6.07) is 1.33. The van der Waals surface area contributed by atoms with Crippen LogP contribution >= 0.6 is 11.3 Å². The Balaban J connectivity index is 2.23. The fourth-order valence-electron chi connectivity index (χ4n) is 1.97. The Morgan fingerprint density at radius 3 is 3.05 bits per heavy atom. The van der Waals surface area contributed by atoms with Crippen LogP contribution in [0.15, 0.2) is 28.5 Å². The van der Waals surface area contributed by atoms with Gasteiger partial charge in [-0.05, 0) is 18.4 Å². The highest BCUT2D eigenvalue weighted by molar-refractivity contribution is 7.89. The van der Waals surface area contributed by atoms with Gasteiger partial charge in [0.2, 0.25) is 15.9 Å². The fraction of sp³-hybridized carbons (Fsp3) is 0.417. The lowest BCUT2D eigenvalue weighted by atomic mass is 10.2. The molecule has 2 heterocycles. The lowest BCUT2D eigenvalue weighted by molar-refractivity contribution is -0.121. The maximum atomic E-state index is 12.1. The van der Waals surface area contributed by atoms with E-state index >= 15 is 0 Å². The van der Waals surface area contributed by atoms with Gasteiger partial charge in [0.15, 0.2) is 0 Å². The van der Waals surface area contributed by atoms with Crippen LogP contribution in [0.1, 0.15) is 24.3 Å².